The topological polar surface area (TPSA) is 46.2 Å². The Morgan fingerprint density at radius 2 is 1.76 bits per heavy atom. The lowest BCUT2D eigenvalue weighted by molar-refractivity contribution is 0.132. The first-order chi connectivity index (χ1) is 7.54. The lowest BCUT2D eigenvalue weighted by Gasteiger charge is -2.19. The van der Waals surface area contributed by atoms with E-state index in [1.54, 1.807) is 0 Å². The fourth-order valence-corrected chi connectivity index (χ4v) is 2.91. The Labute approximate surface area is 126 Å². The highest BCUT2D eigenvalue weighted by atomic mass is 79.9. The van der Waals surface area contributed by atoms with Gasteiger partial charge < -0.3 is 10.8 Å². The molecule has 2 nitrogen and oxygen atoms in total. The molecular formula is C12H18Br2ClNO. The number of nitrogens with two attached hydrogens (primary N) is 1. The molecule has 1 rings (SSSR count). The molecule has 0 saturated heterocycles. The van der Waals surface area contributed by atoms with Crippen LogP contribution in [0.5, 0.6) is 0 Å². The van der Waals surface area contributed by atoms with Gasteiger partial charge in [0.15, 0.2) is 0 Å². The predicted molar refractivity (Wildman–Crippen MR) is 81.6 cm³/mol. The average molecular weight is 388 g/mol. The average Bonchev–Trinajstić information content (AvgIpc) is 2.23. The molecule has 0 spiro atoms. The zero-order valence-corrected chi connectivity index (χ0v) is 13.7. The molecule has 0 amide bonds. The highest BCUT2D eigenvalue weighted by Gasteiger charge is 2.16. The molecule has 0 heterocycles. The van der Waals surface area contributed by atoms with Crippen LogP contribution in [0.25, 0.3) is 0 Å². The van der Waals surface area contributed by atoms with Gasteiger partial charge in [-0.05, 0) is 30.2 Å². The van der Waals surface area contributed by atoms with Crippen LogP contribution in [-0.2, 0) is 0 Å². The lowest BCUT2D eigenvalue weighted by Crippen LogP contribution is -2.26. The maximum atomic E-state index is 9.93. The van der Waals surface area contributed by atoms with Crippen LogP contribution in [-0.4, -0.2) is 11.2 Å². The third-order valence-electron chi connectivity index (χ3n) is 2.54. The second-order valence-corrected chi connectivity index (χ2v) is 5.77. The molecule has 0 aromatic heterocycles. The first kappa shape index (κ1) is 17.4. The Balaban J connectivity index is 0.00000256. The van der Waals surface area contributed by atoms with Gasteiger partial charge in [0.1, 0.15) is 0 Å². The minimum absolute atomic E-state index is 0. The Morgan fingerprint density at radius 3 is 2.24 bits per heavy atom. The van der Waals surface area contributed by atoms with Crippen LogP contribution < -0.4 is 5.73 Å². The summed E-state index contributed by atoms with van der Waals surface area (Å²) in [6.07, 6.45) is 2.36. The number of aliphatic hydroxyl groups excluding tert-OH is 1. The van der Waals surface area contributed by atoms with E-state index in [2.05, 4.69) is 38.8 Å². The van der Waals surface area contributed by atoms with Gasteiger partial charge in [-0.25, -0.2) is 0 Å². The first-order valence-electron chi connectivity index (χ1n) is 5.44. The predicted octanol–water partition coefficient (Wildman–Crippen LogP) is 4.18. The normalized spacial score (nSPS) is 13.9. The molecule has 0 aliphatic heterocycles. The second kappa shape index (κ2) is 8.48. The maximum Gasteiger partial charge on any atom is 0.0732 e. The number of unbranched alkanes of at least 4 members (excludes halogenated alkanes) is 1. The summed E-state index contributed by atoms with van der Waals surface area (Å²) in [5, 5.41) is 9.93. The van der Waals surface area contributed by atoms with Gasteiger partial charge in [0, 0.05) is 8.95 Å². The van der Waals surface area contributed by atoms with Gasteiger partial charge in [0.05, 0.1) is 12.1 Å². The van der Waals surface area contributed by atoms with Gasteiger partial charge in [-0.2, -0.15) is 0 Å². The molecule has 2 atom stereocenters. The fourth-order valence-electron chi connectivity index (χ4n) is 1.58. The van der Waals surface area contributed by atoms with Crippen molar-refractivity contribution in [3.05, 3.63) is 32.7 Å². The van der Waals surface area contributed by atoms with Crippen LogP contribution in [0, 0.1) is 0 Å². The van der Waals surface area contributed by atoms with Gasteiger partial charge in [-0.3, -0.25) is 0 Å². The summed E-state index contributed by atoms with van der Waals surface area (Å²) in [5.41, 5.74) is 6.97. The highest BCUT2D eigenvalue weighted by Crippen LogP contribution is 2.26. The molecule has 1 aromatic rings. The summed E-state index contributed by atoms with van der Waals surface area (Å²) >= 11 is 6.83. The van der Waals surface area contributed by atoms with Crippen LogP contribution in [0.15, 0.2) is 27.1 Å². The Bertz CT molecular complexity index is 329. The van der Waals surface area contributed by atoms with Crippen molar-refractivity contribution in [1.29, 1.82) is 0 Å². The SMILES string of the molecule is CCCC[C@H](O)[C@H](N)c1cc(Br)cc(Br)c1.Cl. The molecule has 0 radical (unpaired) electrons. The monoisotopic (exact) mass is 385 g/mol. The summed E-state index contributed by atoms with van der Waals surface area (Å²) in [4.78, 5) is 0. The molecule has 17 heavy (non-hydrogen) atoms. The largest absolute Gasteiger partial charge is 0.391 e. The second-order valence-electron chi connectivity index (χ2n) is 3.94. The third kappa shape index (κ3) is 5.71. The van der Waals surface area contributed by atoms with E-state index in [1.807, 2.05) is 18.2 Å². The molecule has 0 aliphatic carbocycles. The highest BCUT2D eigenvalue weighted by molar-refractivity contribution is 9.11. The van der Waals surface area contributed by atoms with Crippen LogP contribution >= 0.6 is 44.3 Å². The van der Waals surface area contributed by atoms with E-state index in [9.17, 15) is 5.11 Å². The number of hydrogen-bond donors (Lipinski definition) is 2. The minimum Gasteiger partial charge on any atom is -0.391 e. The molecule has 0 bridgehead atoms. The van der Waals surface area contributed by atoms with Crippen LogP contribution in [0.1, 0.15) is 37.8 Å². The minimum atomic E-state index is -0.471. The number of benzene rings is 1. The zero-order valence-electron chi connectivity index (χ0n) is 9.70. The molecule has 1 aromatic carbocycles. The van der Waals surface area contributed by atoms with Gasteiger partial charge in [0.25, 0.3) is 0 Å². The van der Waals surface area contributed by atoms with Gasteiger partial charge in [-0.15, -0.1) is 12.4 Å². The lowest BCUT2D eigenvalue weighted by atomic mass is 9.98. The molecule has 3 N–H and O–H groups in total. The molecule has 0 fully saturated rings. The van der Waals surface area contributed by atoms with Crippen molar-refractivity contribution in [3.8, 4) is 0 Å². The summed E-state index contributed by atoms with van der Waals surface area (Å²) < 4.78 is 1.94. The summed E-state index contributed by atoms with van der Waals surface area (Å²) in [6.45, 7) is 2.11. The van der Waals surface area contributed by atoms with E-state index in [4.69, 9.17) is 5.73 Å². The van der Waals surface area contributed by atoms with Crippen molar-refractivity contribution >= 4 is 44.3 Å². The number of halogens is 3. The van der Waals surface area contributed by atoms with Crippen LogP contribution in [0.2, 0.25) is 0 Å². The van der Waals surface area contributed by atoms with Crippen LogP contribution in [0.4, 0.5) is 0 Å². The summed E-state index contributed by atoms with van der Waals surface area (Å²) in [6, 6.07) is 5.53. The van der Waals surface area contributed by atoms with Crippen molar-refractivity contribution < 1.29 is 5.11 Å². The van der Waals surface area contributed by atoms with E-state index >= 15 is 0 Å². The Kier molecular flexibility index (Phi) is 8.68. The zero-order chi connectivity index (χ0) is 12.1. The van der Waals surface area contributed by atoms with E-state index < -0.39 is 6.10 Å². The van der Waals surface area contributed by atoms with Crippen LogP contribution in [0.3, 0.4) is 0 Å². The van der Waals surface area contributed by atoms with Crippen molar-refractivity contribution in [2.24, 2.45) is 5.73 Å². The number of rotatable bonds is 5. The molecule has 98 valence electrons. The van der Waals surface area contributed by atoms with E-state index in [-0.39, 0.29) is 18.4 Å². The van der Waals surface area contributed by atoms with E-state index in [0.717, 1.165) is 33.8 Å². The van der Waals surface area contributed by atoms with Gasteiger partial charge >= 0.3 is 0 Å². The quantitative estimate of drug-likeness (QED) is 0.796. The smallest absolute Gasteiger partial charge is 0.0732 e. The van der Waals surface area contributed by atoms with Crippen molar-refractivity contribution in [3.63, 3.8) is 0 Å². The molecule has 0 unspecified atom stereocenters. The van der Waals surface area contributed by atoms with Crippen molar-refractivity contribution in [1.82, 2.24) is 0 Å². The first-order valence-corrected chi connectivity index (χ1v) is 7.02. The maximum absolute atomic E-state index is 9.93. The van der Waals surface area contributed by atoms with E-state index in [1.165, 1.54) is 0 Å². The summed E-state index contributed by atoms with van der Waals surface area (Å²) in [7, 11) is 0. The van der Waals surface area contributed by atoms with Gasteiger partial charge in [0.2, 0.25) is 0 Å². The standard InChI is InChI=1S/C12H17Br2NO.ClH/c1-2-3-4-11(16)12(15)8-5-9(13)7-10(14)6-8;/h5-7,11-12,16H,2-4,15H2,1H3;1H/t11-,12+;/m0./s1. The number of hydrogen-bond acceptors (Lipinski definition) is 2. The Morgan fingerprint density at radius 1 is 1.24 bits per heavy atom. The van der Waals surface area contributed by atoms with Crippen molar-refractivity contribution in [2.75, 3.05) is 0 Å². The summed E-state index contributed by atoms with van der Waals surface area (Å²) in [5.74, 6) is 0. The van der Waals surface area contributed by atoms with E-state index in [0.29, 0.717) is 0 Å². The molecular weight excluding hydrogens is 369 g/mol. The third-order valence-corrected chi connectivity index (χ3v) is 3.45. The molecule has 5 heteroatoms. The van der Waals surface area contributed by atoms with Crippen molar-refractivity contribution in [2.45, 2.75) is 38.3 Å². The molecule has 0 saturated carbocycles. The Hall–Kier alpha value is 0.390. The number of aliphatic hydroxyl groups is 1. The molecule has 0 aliphatic rings. The fraction of sp³-hybridized carbons (Fsp3) is 0.500. The van der Waals surface area contributed by atoms with Gasteiger partial charge in [-0.1, -0.05) is 51.6 Å².